The third-order valence-corrected chi connectivity index (χ3v) is 5.05. The highest BCUT2D eigenvalue weighted by Crippen LogP contribution is 2.32. The van der Waals surface area contributed by atoms with Crippen LogP contribution in [0.5, 0.6) is 11.5 Å². The summed E-state index contributed by atoms with van der Waals surface area (Å²) in [5.41, 5.74) is 3.64. The summed E-state index contributed by atoms with van der Waals surface area (Å²) in [6, 6.07) is 12.8. The molecule has 4 aromatic rings. The fourth-order valence-corrected chi connectivity index (χ4v) is 3.37. The summed E-state index contributed by atoms with van der Waals surface area (Å²) in [6.45, 7) is 0.926. The number of nitrogens with one attached hydrogen (secondary N) is 2. The number of ether oxygens (including phenoxy) is 3. The maximum absolute atomic E-state index is 12.2. The molecular formula is C24H25N5O4. The van der Waals surface area contributed by atoms with Crippen LogP contribution in [0.4, 0.5) is 11.5 Å². The van der Waals surface area contributed by atoms with Crippen LogP contribution in [0.2, 0.25) is 0 Å². The van der Waals surface area contributed by atoms with Gasteiger partial charge in [0.25, 0.3) is 5.91 Å². The second-order valence-electron chi connectivity index (χ2n) is 7.15. The summed E-state index contributed by atoms with van der Waals surface area (Å²) in [7, 11) is 4.78. The van der Waals surface area contributed by atoms with Crippen molar-refractivity contribution in [3.05, 3.63) is 66.6 Å². The molecule has 0 bridgehead atoms. The number of carbonyl (C=O) groups excluding carboxylic acids is 1. The van der Waals surface area contributed by atoms with Gasteiger partial charge in [-0.25, -0.2) is 9.97 Å². The van der Waals surface area contributed by atoms with Crippen molar-refractivity contribution in [2.75, 3.05) is 39.8 Å². The van der Waals surface area contributed by atoms with E-state index in [9.17, 15) is 4.79 Å². The molecule has 4 rings (SSSR count). The molecule has 0 unspecified atom stereocenters. The van der Waals surface area contributed by atoms with Crippen LogP contribution >= 0.6 is 0 Å². The molecule has 0 aliphatic rings. The summed E-state index contributed by atoms with van der Waals surface area (Å²) in [5, 5.41) is 6.13. The van der Waals surface area contributed by atoms with Crippen molar-refractivity contribution >= 4 is 23.1 Å². The molecule has 33 heavy (non-hydrogen) atoms. The van der Waals surface area contributed by atoms with Gasteiger partial charge in [-0.1, -0.05) is 12.1 Å². The number of hydrogen-bond acceptors (Lipinski definition) is 7. The van der Waals surface area contributed by atoms with Gasteiger partial charge in [0, 0.05) is 55.1 Å². The minimum atomic E-state index is -0.146. The first-order valence-corrected chi connectivity index (χ1v) is 10.3. The third kappa shape index (κ3) is 4.88. The number of methoxy groups -OCH3 is 3. The molecule has 0 radical (unpaired) electrons. The minimum Gasteiger partial charge on any atom is -0.493 e. The molecule has 2 aromatic carbocycles. The number of rotatable bonds is 9. The van der Waals surface area contributed by atoms with Crippen molar-refractivity contribution in [2.45, 2.75) is 0 Å². The van der Waals surface area contributed by atoms with Gasteiger partial charge in [-0.2, -0.15) is 0 Å². The van der Waals surface area contributed by atoms with E-state index in [4.69, 9.17) is 19.2 Å². The van der Waals surface area contributed by atoms with Crippen LogP contribution in [0.25, 0.3) is 16.9 Å². The Balaban J connectivity index is 1.62. The zero-order valence-electron chi connectivity index (χ0n) is 18.7. The number of carbonyl (C=O) groups is 1. The van der Waals surface area contributed by atoms with Gasteiger partial charge in [0.05, 0.1) is 26.5 Å². The van der Waals surface area contributed by atoms with E-state index in [0.29, 0.717) is 41.7 Å². The molecule has 0 aliphatic carbocycles. The van der Waals surface area contributed by atoms with Crippen LogP contribution in [0, 0.1) is 0 Å². The summed E-state index contributed by atoms with van der Waals surface area (Å²) in [4.78, 5) is 21.4. The maximum atomic E-state index is 12.2. The van der Waals surface area contributed by atoms with Gasteiger partial charge in [0.2, 0.25) is 0 Å². The molecule has 170 valence electrons. The number of fused-ring (bicyclic) bond motifs is 1. The number of aromatic nitrogens is 3. The Morgan fingerprint density at radius 2 is 1.82 bits per heavy atom. The van der Waals surface area contributed by atoms with Gasteiger partial charge in [-0.3, -0.25) is 4.79 Å². The summed E-state index contributed by atoms with van der Waals surface area (Å²) < 4.78 is 17.6. The number of anilines is 2. The predicted octanol–water partition coefficient (Wildman–Crippen LogP) is 3.53. The lowest BCUT2D eigenvalue weighted by Crippen LogP contribution is -2.26. The number of nitrogens with zero attached hydrogens (tertiary/aromatic N) is 3. The van der Waals surface area contributed by atoms with Gasteiger partial charge < -0.3 is 29.2 Å². The fraction of sp³-hybridized carbons (Fsp3) is 0.208. The Bertz CT molecular complexity index is 1250. The van der Waals surface area contributed by atoms with E-state index in [-0.39, 0.29) is 5.91 Å². The first kappa shape index (κ1) is 22.1. The first-order chi connectivity index (χ1) is 16.1. The van der Waals surface area contributed by atoms with Crippen LogP contribution in [-0.2, 0) is 4.74 Å². The van der Waals surface area contributed by atoms with Crippen LogP contribution < -0.4 is 20.1 Å². The monoisotopic (exact) mass is 447 g/mol. The molecule has 9 nitrogen and oxygen atoms in total. The Morgan fingerprint density at radius 3 is 2.55 bits per heavy atom. The van der Waals surface area contributed by atoms with E-state index in [1.807, 2.05) is 47.1 Å². The molecule has 2 aromatic heterocycles. The zero-order chi connectivity index (χ0) is 23.2. The van der Waals surface area contributed by atoms with E-state index in [1.54, 1.807) is 39.7 Å². The minimum absolute atomic E-state index is 0.146. The second kappa shape index (κ2) is 10.0. The lowest BCUT2D eigenvalue weighted by molar-refractivity contribution is 0.0937. The largest absolute Gasteiger partial charge is 0.493 e. The number of hydrogen-bond donors (Lipinski definition) is 2. The van der Waals surface area contributed by atoms with Gasteiger partial charge in [0.1, 0.15) is 0 Å². The Morgan fingerprint density at radius 1 is 1.03 bits per heavy atom. The Kier molecular flexibility index (Phi) is 6.70. The zero-order valence-corrected chi connectivity index (χ0v) is 18.7. The summed E-state index contributed by atoms with van der Waals surface area (Å²) in [5.74, 6) is 1.69. The van der Waals surface area contributed by atoms with E-state index in [0.717, 1.165) is 16.9 Å². The fourth-order valence-electron chi connectivity index (χ4n) is 3.37. The van der Waals surface area contributed by atoms with Crippen LogP contribution in [-0.4, -0.2) is 54.8 Å². The van der Waals surface area contributed by atoms with Crippen LogP contribution in [0.1, 0.15) is 10.4 Å². The molecule has 2 N–H and O–H groups in total. The standard InChI is InChI=1S/C24H25N5O4/c1-31-13-11-26-24(30)17-6-4-16(5-7-17)19-15-29-12-10-25-23(29)22(28-19)27-18-8-9-20(32-2)21(14-18)33-3/h4-10,12,14-15H,11,13H2,1-3H3,(H,26,30)(H,27,28). The lowest BCUT2D eigenvalue weighted by Gasteiger charge is -2.13. The summed E-state index contributed by atoms with van der Waals surface area (Å²) in [6.07, 6.45) is 5.47. The molecule has 1 amide bonds. The van der Waals surface area contributed by atoms with Crippen molar-refractivity contribution in [1.82, 2.24) is 19.7 Å². The second-order valence-corrected chi connectivity index (χ2v) is 7.15. The van der Waals surface area contributed by atoms with Crippen molar-refractivity contribution < 1.29 is 19.0 Å². The maximum Gasteiger partial charge on any atom is 0.251 e. The van der Waals surface area contributed by atoms with E-state index < -0.39 is 0 Å². The average molecular weight is 447 g/mol. The number of amides is 1. The molecule has 0 aliphatic heterocycles. The van der Waals surface area contributed by atoms with E-state index in [2.05, 4.69) is 15.6 Å². The third-order valence-electron chi connectivity index (χ3n) is 5.05. The molecule has 0 saturated carbocycles. The summed E-state index contributed by atoms with van der Waals surface area (Å²) >= 11 is 0. The molecule has 0 atom stereocenters. The van der Waals surface area contributed by atoms with E-state index >= 15 is 0 Å². The first-order valence-electron chi connectivity index (χ1n) is 10.3. The van der Waals surface area contributed by atoms with Gasteiger partial charge in [-0.15, -0.1) is 0 Å². The van der Waals surface area contributed by atoms with Gasteiger partial charge in [-0.05, 0) is 24.3 Å². The molecule has 0 saturated heterocycles. The quantitative estimate of drug-likeness (QED) is 0.379. The van der Waals surface area contributed by atoms with Gasteiger partial charge in [0.15, 0.2) is 23.0 Å². The normalized spacial score (nSPS) is 10.8. The van der Waals surface area contributed by atoms with Crippen molar-refractivity contribution in [1.29, 1.82) is 0 Å². The molecule has 0 spiro atoms. The number of imidazole rings is 1. The SMILES string of the molecule is COCCNC(=O)c1ccc(-c2cn3ccnc3c(Nc3ccc(OC)c(OC)c3)n2)cc1. The Hall–Kier alpha value is -4.11. The highest BCUT2D eigenvalue weighted by molar-refractivity contribution is 5.94. The van der Waals surface area contributed by atoms with E-state index in [1.165, 1.54) is 0 Å². The number of benzene rings is 2. The molecule has 2 heterocycles. The highest BCUT2D eigenvalue weighted by atomic mass is 16.5. The highest BCUT2D eigenvalue weighted by Gasteiger charge is 2.12. The average Bonchev–Trinajstić information content (AvgIpc) is 3.33. The lowest BCUT2D eigenvalue weighted by atomic mass is 10.1. The van der Waals surface area contributed by atoms with Crippen molar-refractivity contribution in [3.8, 4) is 22.8 Å². The van der Waals surface area contributed by atoms with Crippen LogP contribution in [0.3, 0.4) is 0 Å². The predicted molar refractivity (Wildman–Crippen MR) is 125 cm³/mol. The molecular weight excluding hydrogens is 422 g/mol. The molecule has 9 heteroatoms. The smallest absolute Gasteiger partial charge is 0.251 e. The Labute approximate surface area is 191 Å². The van der Waals surface area contributed by atoms with Crippen LogP contribution in [0.15, 0.2) is 61.1 Å². The topological polar surface area (TPSA) is 99.0 Å². The van der Waals surface area contributed by atoms with Crippen molar-refractivity contribution in [2.24, 2.45) is 0 Å². The molecule has 0 fully saturated rings. The van der Waals surface area contributed by atoms with Crippen molar-refractivity contribution in [3.63, 3.8) is 0 Å². The van der Waals surface area contributed by atoms with Gasteiger partial charge >= 0.3 is 0 Å².